The molecule has 2 aromatic rings. The van der Waals surface area contributed by atoms with Gasteiger partial charge in [0.05, 0.1) is 18.0 Å². The van der Waals surface area contributed by atoms with Gasteiger partial charge in [0.1, 0.15) is 6.07 Å². The van der Waals surface area contributed by atoms with Crippen LogP contribution in [0, 0.1) is 11.3 Å². The summed E-state index contributed by atoms with van der Waals surface area (Å²) in [6.45, 7) is 2.65. The summed E-state index contributed by atoms with van der Waals surface area (Å²) in [5.74, 6) is -0.935. The van der Waals surface area contributed by atoms with Gasteiger partial charge in [0.2, 0.25) is 11.8 Å². The molecule has 0 saturated carbocycles. The zero-order valence-corrected chi connectivity index (χ0v) is 14.8. The molecule has 1 atom stereocenters. The summed E-state index contributed by atoms with van der Waals surface area (Å²) in [5, 5.41) is 9.66. The summed E-state index contributed by atoms with van der Waals surface area (Å²) in [7, 11) is 0. The topological polar surface area (TPSA) is 87.2 Å². The fourth-order valence-corrected chi connectivity index (χ4v) is 4.66. The van der Waals surface area contributed by atoms with E-state index < -0.39 is 11.8 Å². The van der Waals surface area contributed by atoms with Gasteiger partial charge in [-0.1, -0.05) is 30.3 Å². The predicted molar refractivity (Wildman–Crippen MR) is 95.9 cm³/mol. The number of rotatable bonds is 4. The van der Waals surface area contributed by atoms with E-state index in [0.717, 1.165) is 20.9 Å². The van der Waals surface area contributed by atoms with Crippen molar-refractivity contribution in [2.24, 2.45) is 5.73 Å². The lowest BCUT2D eigenvalue weighted by molar-refractivity contribution is -0.129. The molecule has 0 spiro atoms. The van der Waals surface area contributed by atoms with Gasteiger partial charge in [0.15, 0.2) is 0 Å². The van der Waals surface area contributed by atoms with Crippen molar-refractivity contribution in [2.75, 3.05) is 6.54 Å². The number of primary amides is 1. The molecular formula is C19H19N3O2S. The Kier molecular flexibility index (Phi) is 4.86. The Bertz CT molecular complexity index is 852. The van der Waals surface area contributed by atoms with Gasteiger partial charge < -0.3 is 10.6 Å². The zero-order chi connectivity index (χ0) is 18.0. The van der Waals surface area contributed by atoms with Crippen molar-refractivity contribution in [2.45, 2.75) is 32.2 Å². The Morgan fingerprint density at radius 2 is 2.08 bits per heavy atom. The zero-order valence-electron chi connectivity index (χ0n) is 14.0. The van der Waals surface area contributed by atoms with Gasteiger partial charge in [0.25, 0.3) is 0 Å². The van der Waals surface area contributed by atoms with Gasteiger partial charge in [0, 0.05) is 23.2 Å². The standard InChI is InChI=1S/C19H19N3O2S/c1-12(23)22-8-7-14-16(10-20)18(25-17(14)11-22)15(19(21)24)9-13-5-3-2-4-6-13/h2-6,15H,7-9,11H2,1H3,(H2,21,24). The van der Waals surface area contributed by atoms with Crippen LogP contribution in [0.3, 0.4) is 0 Å². The van der Waals surface area contributed by atoms with E-state index in [1.54, 1.807) is 11.8 Å². The first-order valence-electron chi connectivity index (χ1n) is 8.14. The Labute approximate surface area is 150 Å². The number of nitrogens with two attached hydrogens (primary N) is 1. The van der Waals surface area contributed by atoms with E-state index in [0.29, 0.717) is 31.5 Å². The van der Waals surface area contributed by atoms with Crippen LogP contribution < -0.4 is 5.73 Å². The van der Waals surface area contributed by atoms with Crippen molar-refractivity contribution < 1.29 is 9.59 Å². The van der Waals surface area contributed by atoms with E-state index in [-0.39, 0.29) is 5.91 Å². The van der Waals surface area contributed by atoms with Gasteiger partial charge in [-0.25, -0.2) is 0 Å². The minimum atomic E-state index is -0.529. The minimum absolute atomic E-state index is 0.0230. The van der Waals surface area contributed by atoms with E-state index in [1.165, 1.54) is 11.3 Å². The summed E-state index contributed by atoms with van der Waals surface area (Å²) < 4.78 is 0. The van der Waals surface area contributed by atoms with Gasteiger partial charge in [-0.3, -0.25) is 9.59 Å². The maximum atomic E-state index is 12.1. The van der Waals surface area contributed by atoms with Gasteiger partial charge in [-0.15, -0.1) is 11.3 Å². The van der Waals surface area contributed by atoms with Crippen LogP contribution in [0.5, 0.6) is 0 Å². The summed E-state index contributed by atoms with van der Waals surface area (Å²) in [6, 6.07) is 11.9. The van der Waals surface area contributed by atoms with Crippen LogP contribution in [0.2, 0.25) is 0 Å². The van der Waals surface area contributed by atoms with E-state index in [1.807, 2.05) is 30.3 Å². The molecule has 2 heterocycles. The number of amides is 2. The first-order chi connectivity index (χ1) is 12.0. The highest BCUT2D eigenvalue weighted by Crippen LogP contribution is 2.38. The predicted octanol–water partition coefficient (Wildman–Crippen LogP) is 2.34. The molecule has 6 heteroatoms. The maximum Gasteiger partial charge on any atom is 0.226 e. The molecule has 3 rings (SSSR count). The first-order valence-corrected chi connectivity index (χ1v) is 8.96. The number of carbonyl (C=O) groups is 2. The number of hydrogen-bond acceptors (Lipinski definition) is 4. The van der Waals surface area contributed by atoms with Crippen molar-refractivity contribution in [3.8, 4) is 6.07 Å². The second kappa shape index (κ2) is 7.08. The molecule has 0 aliphatic carbocycles. The van der Waals surface area contributed by atoms with Crippen LogP contribution in [0.25, 0.3) is 0 Å². The quantitative estimate of drug-likeness (QED) is 0.915. The van der Waals surface area contributed by atoms with Gasteiger partial charge in [-0.2, -0.15) is 5.26 Å². The largest absolute Gasteiger partial charge is 0.369 e. The number of carbonyl (C=O) groups excluding carboxylic acids is 2. The molecule has 2 amide bonds. The van der Waals surface area contributed by atoms with Gasteiger partial charge >= 0.3 is 0 Å². The smallest absolute Gasteiger partial charge is 0.226 e. The fourth-order valence-electron chi connectivity index (χ4n) is 3.23. The molecule has 1 aromatic carbocycles. The van der Waals surface area contributed by atoms with Crippen molar-refractivity contribution >= 4 is 23.2 Å². The summed E-state index contributed by atoms with van der Waals surface area (Å²) in [6.07, 6.45) is 1.12. The molecule has 0 radical (unpaired) electrons. The maximum absolute atomic E-state index is 12.1. The molecule has 128 valence electrons. The molecule has 1 unspecified atom stereocenters. The van der Waals surface area contributed by atoms with Crippen LogP contribution in [-0.4, -0.2) is 23.3 Å². The minimum Gasteiger partial charge on any atom is -0.369 e. The number of hydrogen-bond donors (Lipinski definition) is 1. The Hall–Kier alpha value is -2.65. The van der Waals surface area contributed by atoms with Crippen LogP contribution in [-0.2, 0) is 29.0 Å². The third-order valence-electron chi connectivity index (χ3n) is 4.58. The third kappa shape index (κ3) is 3.42. The SMILES string of the molecule is CC(=O)N1CCc2c(sc(C(Cc3ccccc3)C(N)=O)c2C#N)C1. The third-order valence-corrected chi connectivity index (χ3v) is 5.91. The number of nitriles is 1. The first kappa shape index (κ1) is 17.2. The van der Waals surface area contributed by atoms with Crippen molar-refractivity contribution in [1.29, 1.82) is 5.26 Å². The fraction of sp³-hybridized carbons (Fsp3) is 0.316. The van der Waals surface area contributed by atoms with E-state index in [9.17, 15) is 14.9 Å². The highest BCUT2D eigenvalue weighted by atomic mass is 32.1. The molecule has 2 N–H and O–H groups in total. The molecular weight excluding hydrogens is 334 g/mol. The number of thiophene rings is 1. The molecule has 1 aliphatic heterocycles. The van der Waals surface area contributed by atoms with Crippen LogP contribution in [0.1, 0.15) is 39.3 Å². The Morgan fingerprint density at radius 1 is 1.36 bits per heavy atom. The van der Waals surface area contributed by atoms with E-state index >= 15 is 0 Å². The summed E-state index contributed by atoms with van der Waals surface area (Å²) >= 11 is 1.45. The van der Waals surface area contributed by atoms with Gasteiger partial charge in [-0.05, 0) is 24.0 Å². The number of benzene rings is 1. The molecule has 1 aromatic heterocycles. The summed E-state index contributed by atoms with van der Waals surface area (Å²) in [5.41, 5.74) is 8.22. The molecule has 0 saturated heterocycles. The molecule has 25 heavy (non-hydrogen) atoms. The van der Waals surface area contributed by atoms with E-state index in [4.69, 9.17) is 5.73 Å². The van der Waals surface area contributed by atoms with Crippen molar-refractivity contribution in [3.05, 3.63) is 56.8 Å². The Morgan fingerprint density at radius 3 is 2.68 bits per heavy atom. The monoisotopic (exact) mass is 353 g/mol. The lowest BCUT2D eigenvalue weighted by atomic mass is 9.92. The van der Waals surface area contributed by atoms with Crippen LogP contribution in [0.4, 0.5) is 0 Å². The van der Waals surface area contributed by atoms with E-state index in [2.05, 4.69) is 6.07 Å². The van der Waals surface area contributed by atoms with Crippen molar-refractivity contribution in [1.82, 2.24) is 4.90 Å². The summed E-state index contributed by atoms with van der Waals surface area (Å²) in [4.78, 5) is 27.2. The molecule has 0 bridgehead atoms. The molecule has 1 aliphatic rings. The van der Waals surface area contributed by atoms with Crippen molar-refractivity contribution in [3.63, 3.8) is 0 Å². The Balaban J connectivity index is 1.99. The second-order valence-electron chi connectivity index (χ2n) is 6.19. The molecule has 5 nitrogen and oxygen atoms in total. The van der Waals surface area contributed by atoms with Crippen LogP contribution >= 0.6 is 11.3 Å². The van der Waals surface area contributed by atoms with Crippen LogP contribution in [0.15, 0.2) is 30.3 Å². The lowest BCUT2D eigenvalue weighted by Gasteiger charge is -2.25. The second-order valence-corrected chi connectivity index (χ2v) is 7.33. The highest BCUT2D eigenvalue weighted by Gasteiger charge is 2.31. The highest BCUT2D eigenvalue weighted by molar-refractivity contribution is 7.12. The molecule has 0 fully saturated rings. The average Bonchev–Trinajstić information content (AvgIpc) is 2.97. The number of fused-ring (bicyclic) bond motifs is 1. The lowest BCUT2D eigenvalue weighted by Crippen LogP contribution is -2.33. The average molecular weight is 353 g/mol. The number of nitrogens with zero attached hydrogens (tertiary/aromatic N) is 2. The normalized spacial score (nSPS) is 14.5.